The molecule has 0 radical (unpaired) electrons. The molecule has 0 fully saturated rings. The molecule has 4 nitrogen and oxygen atoms in total. The van der Waals surface area contributed by atoms with Crippen LogP contribution in [0.4, 0.5) is 11.4 Å². The molecule has 1 N–H and O–H groups in total. The number of allylic oxidation sites excluding steroid dienone is 4. The van der Waals surface area contributed by atoms with Crippen LogP contribution in [0.25, 0.3) is 5.57 Å². The lowest BCUT2D eigenvalue weighted by Gasteiger charge is -2.23. The van der Waals surface area contributed by atoms with Gasteiger partial charge in [-0.3, -0.25) is 9.59 Å². The van der Waals surface area contributed by atoms with E-state index in [4.69, 9.17) is 0 Å². The number of benzene rings is 3. The average Bonchev–Trinajstić information content (AvgIpc) is 3.11. The number of nitrogens with zero attached hydrogens (tertiary/aromatic N) is 1. The van der Waals surface area contributed by atoms with Crippen molar-refractivity contribution in [3.63, 3.8) is 0 Å². The molecule has 0 aliphatic carbocycles. The first-order chi connectivity index (χ1) is 17.1. The second kappa shape index (κ2) is 11.5. The summed E-state index contributed by atoms with van der Waals surface area (Å²) in [5.74, 6) is -0.184. The fourth-order valence-electron chi connectivity index (χ4n) is 4.42. The first-order valence-electron chi connectivity index (χ1n) is 12.3. The first kappa shape index (κ1) is 24.2. The van der Waals surface area contributed by atoms with Crippen molar-refractivity contribution in [3.8, 4) is 0 Å². The normalized spacial score (nSPS) is 13.9. The smallest absolute Gasteiger partial charge is 0.258 e. The predicted molar refractivity (Wildman–Crippen MR) is 145 cm³/mol. The van der Waals surface area contributed by atoms with Gasteiger partial charge in [0, 0.05) is 29.0 Å². The Hall–Kier alpha value is -3.92. The number of carbonyl (C=O) groups is 2. The highest BCUT2D eigenvalue weighted by atomic mass is 16.2. The SMILES string of the molecule is CC/C=C\C=C(/C)c1ccccc1C(=O)Nc1ccc(C(=O)N2CCCCc3ccccc32)cc1. The van der Waals surface area contributed by atoms with E-state index >= 15 is 0 Å². The van der Waals surface area contributed by atoms with Crippen molar-refractivity contribution in [2.45, 2.75) is 39.5 Å². The highest BCUT2D eigenvalue weighted by molar-refractivity contribution is 6.09. The van der Waals surface area contributed by atoms with Crippen LogP contribution in [-0.4, -0.2) is 18.4 Å². The van der Waals surface area contributed by atoms with E-state index in [0.29, 0.717) is 23.4 Å². The molecule has 0 atom stereocenters. The predicted octanol–water partition coefficient (Wildman–Crippen LogP) is 7.29. The molecule has 0 spiro atoms. The fourth-order valence-corrected chi connectivity index (χ4v) is 4.42. The molecular weight excluding hydrogens is 432 g/mol. The van der Waals surface area contributed by atoms with E-state index in [0.717, 1.165) is 42.5 Å². The van der Waals surface area contributed by atoms with Crippen molar-refractivity contribution in [2.75, 3.05) is 16.8 Å². The molecule has 0 bridgehead atoms. The zero-order valence-electron chi connectivity index (χ0n) is 20.5. The van der Waals surface area contributed by atoms with E-state index in [1.165, 1.54) is 5.56 Å². The summed E-state index contributed by atoms with van der Waals surface area (Å²) in [6.45, 7) is 4.81. The van der Waals surface area contributed by atoms with Crippen molar-refractivity contribution < 1.29 is 9.59 Å². The van der Waals surface area contributed by atoms with Gasteiger partial charge in [0.05, 0.1) is 0 Å². The largest absolute Gasteiger partial charge is 0.322 e. The zero-order valence-corrected chi connectivity index (χ0v) is 20.5. The van der Waals surface area contributed by atoms with E-state index < -0.39 is 0 Å². The Kier molecular flexibility index (Phi) is 7.94. The highest BCUT2D eigenvalue weighted by Gasteiger charge is 2.22. The third-order valence-electron chi connectivity index (χ3n) is 6.31. The number of rotatable bonds is 6. The minimum Gasteiger partial charge on any atom is -0.322 e. The van der Waals surface area contributed by atoms with Crippen LogP contribution in [0, 0.1) is 0 Å². The van der Waals surface area contributed by atoms with E-state index in [9.17, 15) is 9.59 Å². The van der Waals surface area contributed by atoms with Gasteiger partial charge in [-0.15, -0.1) is 0 Å². The fraction of sp³-hybridized carbons (Fsp3) is 0.226. The van der Waals surface area contributed by atoms with Crippen molar-refractivity contribution in [1.82, 2.24) is 0 Å². The maximum atomic E-state index is 13.3. The Labute approximate surface area is 208 Å². The van der Waals surface area contributed by atoms with Crippen molar-refractivity contribution >= 4 is 28.8 Å². The molecule has 0 unspecified atom stereocenters. The molecule has 3 aromatic rings. The number of fused-ring (bicyclic) bond motifs is 1. The van der Waals surface area contributed by atoms with Crippen molar-refractivity contribution in [1.29, 1.82) is 0 Å². The molecule has 3 aromatic carbocycles. The zero-order chi connectivity index (χ0) is 24.6. The summed E-state index contributed by atoms with van der Waals surface area (Å²) >= 11 is 0. The summed E-state index contributed by atoms with van der Waals surface area (Å²) in [5.41, 5.74) is 6.03. The van der Waals surface area contributed by atoms with Crippen LogP contribution in [0.5, 0.6) is 0 Å². The van der Waals surface area contributed by atoms with Crippen LogP contribution in [-0.2, 0) is 6.42 Å². The lowest BCUT2D eigenvalue weighted by molar-refractivity contribution is 0.0985. The Morgan fingerprint density at radius 1 is 0.914 bits per heavy atom. The second-order valence-electron chi connectivity index (χ2n) is 8.81. The molecule has 1 heterocycles. The molecule has 1 aliphatic rings. The minimum atomic E-state index is -0.173. The number of amides is 2. The lowest BCUT2D eigenvalue weighted by Crippen LogP contribution is -2.31. The molecule has 4 heteroatoms. The Morgan fingerprint density at radius 3 is 2.40 bits per heavy atom. The van der Waals surface area contributed by atoms with Crippen LogP contribution in [0.1, 0.15) is 65.0 Å². The molecule has 2 amide bonds. The number of nitrogens with one attached hydrogen (secondary N) is 1. The van der Waals surface area contributed by atoms with Gasteiger partial charge in [-0.1, -0.05) is 61.5 Å². The lowest BCUT2D eigenvalue weighted by atomic mass is 9.99. The summed E-state index contributed by atoms with van der Waals surface area (Å²) < 4.78 is 0. The summed E-state index contributed by atoms with van der Waals surface area (Å²) in [6, 6.07) is 22.9. The van der Waals surface area contributed by atoms with Gasteiger partial charge in [0.2, 0.25) is 0 Å². The second-order valence-corrected chi connectivity index (χ2v) is 8.81. The van der Waals surface area contributed by atoms with Gasteiger partial charge in [0.25, 0.3) is 11.8 Å². The monoisotopic (exact) mass is 464 g/mol. The van der Waals surface area contributed by atoms with Crippen molar-refractivity contribution in [2.24, 2.45) is 0 Å². The van der Waals surface area contributed by atoms with E-state index in [-0.39, 0.29) is 11.8 Å². The molecule has 4 rings (SSSR count). The third-order valence-corrected chi connectivity index (χ3v) is 6.31. The van der Waals surface area contributed by atoms with E-state index in [1.807, 2.05) is 66.4 Å². The van der Waals surface area contributed by atoms with Gasteiger partial charge in [0.15, 0.2) is 0 Å². The summed E-state index contributed by atoms with van der Waals surface area (Å²) in [6.07, 6.45) is 10.1. The number of hydrogen-bond donors (Lipinski definition) is 1. The number of carbonyl (C=O) groups excluding carboxylic acids is 2. The average molecular weight is 465 g/mol. The maximum absolute atomic E-state index is 13.3. The number of aryl methyl sites for hydroxylation is 1. The number of anilines is 2. The standard InChI is InChI=1S/C31H32N2O2/c1-3-4-5-12-23(2)27-15-7-8-16-28(27)30(34)32-26-20-18-25(19-21-26)31(35)33-22-11-10-14-24-13-6-9-17-29(24)33/h4-9,12-13,15-21H,3,10-11,14,22H2,1-2H3,(H,32,34)/b5-4-,23-12+. The van der Waals surface area contributed by atoms with Crippen LogP contribution >= 0.6 is 0 Å². The van der Waals surface area contributed by atoms with E-state index in [2.05, 4.69) is 24.4 Å². The Balaban J connectivity index is 1.50. The van der Waals surface area contributed by atoms with Gasteiger partial charge < -0.3 is 10.2 Å². The minimum absolute atomic E-state index is 0.0107. The number of hydrogen-bond acceptors (Lipinski definition) is 2. The van der Waals surface area contributed by atoms with Gasteiger partial charge in [0.1, 0.15) is 0 Å². The van der Waals surface area contributed by atoms with Crippen molar-refractivity contribution in [3.05, 3.63) is 113 Å². The molecule has 0 saturated heterocycles. The number of para-hydroxylation sites is 1. The van der Waals surface area contributed by atoms with Crippen LogP contribution in [0.3, 0.4) is 0 Å². The van der Waals surface area contributed by atoms with E-state index in [1.54, 1.807) is 24.3 Å². The van der Waals surface area contributed by atoms with Gasteiger partial charge in [-0.2, -0.15) is 0 Å². The van der Waals surface area contributed by atoms with Gasteiger partial charge >= 0.3 is 0 Å². The molecule has 0 aromatic heterocycles. The molecular formula is C31H32N2O2. The molecule has 35 heavy (non-hydrogen) atoms. The highest BCUT2D eigenvalue weighted by Crippen LogP contribution is 2.28. The molecule has 178 valence electrons. The van der Waals surface area contributed by atoms with Gasteiger partial charge in [-0.25, -0.2) is 0 Å². The third kappa shape index (κ3) is 5.78. The summed E-state index contributed by atoms with van der Waals surface area (Å²) in [7, 11) is 0. The summed E-state index contributed by atoms with van der Waals surface area (Å²) in [5, 5.41) is 2.98. The van der Waals surface area contributed by atoms with Crippen LogP contribution < -0.4 is 10.2 Å². The Morgan fingerprint density at radius 2 is 1.63 bits per heavy atom. The quantitative estimate of drug-likeness (QED) is 0.389. The molecule has 1 aliphatic heterocycles. The molecule has 0 saturated carbocycles. The topological polar surface area (TPSA) is 49.4 Å². The van der Waals surface area contributed by atoms with Crippen LogP contribution in [0.2, 0.25) is 0 Å². The van der Waals surface area contributed by atoms with Crippen LogP contribution in [0.15, 0.2) is 91.0 Å². The summed E-state index contributed by atoms with van der Waals surface area (Å²) in [4.78, 5) is 28.3. The first-order valence-corrected chi connectivity index (χ1v) is 12.3. The maximum Gasteiger partial charge on any atom is 0.258 e. The van der Waals surface area contributed by atoms with Gasteiger partial charge in [-0.05, 0) is 85.7 Å². The Bertz CT molecular complexity index is 1250.